The first-order valence-electron chi connectivity index (χ1n) is 6.25. The first kappa shape index (κ1) is 13.9. The van der Waals surface area contributed by atoms with Crippen molar-refractivity contribution < 1.29 is 9.53 Å². The van der Waals surface area contributed by atoms with E-state index >= 15 is 0 Å². The Balaban J connectivity index is 2.11. The number of nitrogens with one attached hydrogen (secondary N) is 2. The summed E-state index contributed by atoms with van der Waals surface area (Å²) in [5.74, 6) is 0.393. The van der Waals surface area contributed by atoms with E-state index in [1.807, 2.05) is 44.2 Å². The Morgan fingerprint density at radius 2 is 1.75 bits per heavy atom. The average molecular weight is 271 g/mol. The second-order valence-corrected chi connectivity index (χ2v) is 4.40. The Kier molecular flexibility index (Phi) is 4.20. The Labute approximate surface area is 118 Å². The van der Waals surface area contributed by atoms with Crippen LogP contribution in [0.1, 0.15) is 11.3 Å². The molecule has 0 unspecified atom stereocenters. The molecule has 2 rings (SSSR count). The first-order valence-corrected chi connectivity index (χ1v) is 6.25. The van der Waals surface area contributed by atoms with Gasteiger partial charge in [0.25, 0.3) is 0 Å². The van der Waals surface area contributed by atoms with Crippen LogP contribution in [0.5, 0.6) is 5.88 Å². The van der Waals surface area contributed by atoms with Crippen LogP contribution in [-0.2, 0) is 0 Å². The van der Waals surface area contributed by atoms with Crippen molar-refractivity contribution >= 4 is 17.4 Å². The summed E-state index contributed by atoms with van der Waals surface area (Å²) >= 11 is 0. The van der Waals surface area contributed by atoms with E-state index in [0.29, 0.717) is 11.6 Å². The molecule has 0 fully saturated rings. The molecule has 2 amide bonds. The van der Waals surface area contributed by atoms with E-state index in [4.69, 9.17) is 4.74 Å². The van der Waals surface area contributed by atoms with Crippen molar-refractivity contribution in [1.29, 1.82) is 0 Å². The van der Waals surface area contributed by atoms with Crippen molar-refractivity contribution in [3.8, 4) is 5.88 Å². The second kappa shape index (κ2) is 6.06. The van der Waals surface area contributed by atoms with Gasteiger partial charge in [0.1, 0.15) is 5.69 Å². The number of para-hydroxylation sites is 1. The van der Waals surface area contributed by atoms with Crippen LogP contribution >= 0.6 is 0 Å². The second-order valence-electron chi connectivity index (χ2n) is 4.40. The average Bonchev–Trinajstić information content (AvgIpc) is 2.43. The topological polar surface area (TPSA) is 63.2 Å². The molecule has 20 heavy (non-hydrogen) atoms. The van der Waals surface area contributed by atoms with Crippen molar-refractivity contribution in [1.82, 2.24) is 4.98 Å². The zero-order valence-electron chi connectivity index (χ0n) is 11.7. The summed E-state index contributed by atoms with van der Waals surface area (Å²) in [6.45, 7) is 3.79. The Hall–Kier alpha value is -2.56. The smallest absolute Gasteiger partial charge is 0.323 e. The molecule has 2 N–H and O–H groups in total. The largest absolute Gasteiger partial charge is 0.480 e. The van der Waals surface area contributed by atoms with Gasteiger partial charge in [0.15, 0.2) is 0 Å². The molecule has 0 aliphatic rings. The summed E-state index contributed by atoms with van der Waals surface area (Å²) in [6, 6.07) is 10.8. The molecule has 104 valence electrons. The van der Waals surface area contributed by atoms with E-state index in [1.54, 1.807) is 6.07 Å². The molecule has 0 atom stereocenters. The van der Waals surface area contributed by atoms with Gasteiger partial charge in [-0.2, -0.15) is 0 Å². The molecule has 0 saturated heterocycles. The van der Waals surface area contributed by atoms with Gasteiger partial charge < -0.3 is 15.4 Å². The Morgan fingerprint density at radius 1 is 1.05 bits per heavy atom. The van der Waals surface area contributed by atoms with Crippen LogP contribution in [-0.4, -0.2) is 18.1 Å². The van der Waals surface area contributed by atoms with E-state index in [-0.39, 0.29) is 6.03 Å². The molecule has 1 aromatic carbocycles. The minimum atomic E-state index is -0.330. The van der Waals surface area contributed by atoms with Gasteiger partial charge in [0.05, 0.1) is 7.11 Å². The molecular weight excluding hydrogens is 254 g/mol. The van der Waals surface area contributed by atoms with Gasteiger partial charge in [0, 0.05) is 11.4 Å². The molecular formula is C15H17N3O2. The number of carbonyl (C=O) groups excluding carboxylic acids is 1. The van der Waals surface area contributed by atoms with Gasteiger partial charge in [-0.05, 0) is 37.6 Å². The number of aryl methyl sites for hydroxylation is 2. The summed E-state index contributed by atoms with van der Waals surface area (Å²) in [4.78, 5) is 16.2. The van der Waals surface area contributed by atoms with Crippen molar-refractivity contribution in [2.24, 2.45) is 0 Å². The number of aromatic nitrogens is 1. The standard InChI is InChI=1S/C15H17N3O2/c1-10-6-4-5-7-12(10)17-15(19)18-13-9-8-11(2)16-14(13)20-3/h4-9H,1-3H3,(H2,17,18,19). The zero-order valence-corrected chi connectivity index (χ0v) is 11.7. The number of nitrogens with zero attached hydrogens (tertiary/aromatic N) is 1. The highest BCUT2D eigenvalue weighted by atomic mass is 16.5. The van der Waals surface area contributed by atoms with Crippen molar-refractivity contribution in [2.75, 3.05) is 17.7 Å². The number of urea groups is 1. The van der Waals surface area contributed by atoms with Gasteiger partial charge in [-0.1, -0.05) is 18.2 Å². The van der Waals surface area contributed by atoms with Gasteiger partial charge in [-0.3, -0.25) is 0 Å². The third-order valence-corrected chi connectivity index (χ3v) is 2.83. The number of methoxy groups -OCH3 is 1. The SMILES string of the molecule is COc1nc(C)ccc1NC(=O)Nc1ccccc1C. The molecule has 0 aliphatic carbocycles. The maximum absolute atomic E-state index is 12.0. The Bertz CT molecular complexity index is 626. The van der Waals surface area contributed by atoms with E-state index < -0.39 is 0 Å². The third-order valence-electron chi connectivity index (χ3n) is 2.83. The highest BCUT2D eigenvalue weighted by Gasteiger charge is 2.09. The van der Waals surface area contributed by atoms with Crippen LogP contribution in [0.3, 0.4) is 0 Å². The van der Waals surface area contributed by atoms with Crippen LogP contribution in [0, 0.1) is 13.8 Å². The number of benzene rings is 1. The molecule has 5 heteroatoms. The molecule has 0 aliphatic heterocycles. The summed E-state index contributed by atoms with van der Waals surface area (Å²) in [7, 11) is 1.52. The highest BCUT2D eigenvalue weighted by Crippen LogP contribution is 2.22. The number of hydrogen-bond acceptors (Lipinski definition) is 3. The predicted octanol–water partition coefficient (Wildman–Crippen LogP) is 3.35. The zero-order chi connectivity index (χ0) is 14.5. The predicted molar refractivity (Wildman–Crippen MR) is 79.3 cm³/mol. The molecule has 1 aromatic heterocycles. The van der Waals surface area contributed by atoms with Crippen molar-refractivity contribution in [2.45, 2.75) is 13.8 Å². The highest BCUT2D eigenvalue weighted by molar-refractivity contribution is 6.00. The van der Waals surface area contributed by atoms with Crippen LogP contribution in [0.4, 0.5) is 16.2 Å². The van der Waals surface area contributed by atoms with Gasteiger partial charge >= 0.3 is 6.03 Å². The van der Waals surface area contributed by atoms with Gasteiger partial charge in [0.2, 0.25) is 5.88 Å². The fraction of sp³-hybridized carbons (Fsp3) is 0.200. The number of carbonyl (C=O) groups is 1. The van der Waals surface area contributed by atoms with Crippen molar-refractivity contribution in [3.05, 3.63) is 47.7 Å². The maximum atomic E-state index is 12.0. The summed E-state index contributed by atoms with van der Waals surface area (Å²) < 4.78 is 5.15. The fourth-order valence-corrected chi connectivity index (χ4v) is 1.77. The monoisotopic (exact) mass is 271 g/mol. The van der Waals surface area contributed by atoms with Crippen LogP contribution in [0.25, 0.3) is 0 Å². The quantitative estimate of drug-likeness (QED) is 0.899. The molecule has 0 bridgehead atoms. The molecule has 2 aromatic rings. The lowest BCUT2D eigenvalue weighted by atomic mass is 10.2. The molecule has 1 heterocycles. The van der Waals surface area contributed by atoms with Crippen molar-refractivity contribution in [3.63, 3.8) is 0 Å². The minimum Gasteiger partial charge on any atom is -0.480 e. The molecule has 0 saturated carbocycles. The summed E-state index contributed by atoms with van der Waals surface area (Å²) in [6.07, 6.45) is 0. The summed E-state index contributed by atoms with van der Waals surface area (Å²) in [5.41, 5.74) is 3.12. The third kappa shape index (κ3) is 3.26. The van der Waals surface area contributed by atoms with Crippen LogP contribution < -0.4 is 15.4 Å². The fourth-order valence-electron chi connectivity index (χ4n) is 1.77. The molecule has 5 nitrogen and oxygen atoms in total. The lowest BCUT2D eigenvalue weighted by Gasteiger charge is -2.12. The number of anilines is 2. The summed E-state index contributed by atoms with van der Waals surface area (Å²) in [5, 5.41) is 5.52. The molecule has 0 spiro atoms. The first-order chi connectivity index (χ1) is 9.60. The number of pyridine rings is 1. The van der Waals surface area contributed by atoms with E-state index in [9.17, 15) is 4.79 Å². The van der Waals surface area contributed by atoms with Gasteiger partial charge in [-0.15, -0.1) is 0 Å². The normalized spacial score (nSPS) is 9.95. The van der Waals surface area contributed by atoms with E-state index in [0.717, 1.165) is 16.9 Å². The maximum Gasteiger partial charge on any atom is 0.323 e. The lowest BCUT2D eigenvalue weighted by molar-refractivity contribution is 0.262. The number of ether oxygens (including phenoxy) is 1. The van der Waals surface area contributed by atoms with Crippen LogP contribution in [0.2, 0.25) is 0 Å². The number of amides is 2. The number of hydrogen-bond donors (Lipinski definition) is 2. The minimum absolute atomic E-state index is 0.330. The van der Waals surface area contributed by atoms with Gasteiger partial charge in [-0.25, -0.2) is 9.78 Å². The lowest BCUT2D eigenvalue weighted by Crippen LogP contribution is -2.20. The Morgan fingerprint density at radius 3 is 2.45 bits per heavy atom. The number of rotatable bonds is 3. The van der Waals surface area contributed by atoms with E-state index in [2.05, 4.69) is 15.6 Å². The van der Waals surface area contributed by atoms with Crippen LogP contribution in [0.15, 0.2) is 36.4 Å². The molecule has 0 radical (unpaired) electrons. The van der Waals surface area contributed by atoms with E-state index in [1.165, 1.54) is 7.11 Å².